The average molecular weight is 333 g/mol. The maximum atomic E-state index is 8.88. The smallest absolute Gasteiger partial charge is 0.303 e. The third-order valence-corrected chi connectivity index (χ3v) is 0. The monoisotopic (exact) mass is 332 g/mol. The van der Waals surface area contributed by atoms with Gasteiger partial charge in [-0.2, -0.15) is 0 Å². The molecule has 0 atom stereocenters. The van der Waals surface area contributed by atoms with Gasteiger partial charge in [-0.1, -0.05) is 0 Å². The zero-order valence-electron chi connectivity index (χ0n) is 3.50. The van der Waals surface area contributed by atoms with Crippen molar-refractivity contribution in [2.75, 3.05) is 0 Å². The first kappa shape index (κ1) is 30.4. The van der Waals surface area contributed by atoms with Crippen LogP contribution in [0.5, 0.6) is 0 Å². The molecule has 70 valence electrons. The van der Waals surface area contributed by atoms with Crippen LogP contribution in [0.4, 0.5) is 0 Å². The molecular formula is H3Co2Ni2O4P. The Bertz CT molecular complexity index is 62.7. The van der Waals surface area contributed by atoms with Crippen LogP contribution in [-0.4, -0.2) is 14.7 Å². The zero-order chi connectivity index (χ0) is 4.50. The van der Waals surface area contributed by atoms with Crippen molar-refractivity contribution in [2.45, 2.75) is 0 Å². The van der Waals surface area contributed by atoms with E-state index in [4.69, 9.17) is 19.2 Å². The van der Waals surface area contributed by atoms with E-state index in [0.717, 1.165) is 0 Å². The van der Waals surface area contributed by atoms with Gasteiger partial charge in [0, 0.05) is 66.5 Å². The second kappa shape index (κ2) is 12.8. The van der Waals surface area contributed by atoms with Crippen LogP contribution in [0.15, 0.2) is 0 Å². The number of rotatable bonds is 0. The topological polar surface area (TPSA) is 77.8 Å². The predicted octanol–water partition coefficient (Wildman–Crippen LogP) is -0.939. The molecule has 0 saturated carbocycles. The molecule has 0 spiro atoms. The predicted molar refractivity (Wildman–Crippen MR) is 14.3 cm³/mol. The van der Waals surface area contributed by atoms with Crippen molar-refractivity contribution < 1.29 is 85.8 Å². The third kappa shape index (κ3) is 149. The Morgan fingerprint density at radius 2 is 0.889 bits per heavy atom. The number of hydrogen-bond donors (Lipinski definition) is 3. The Balaban J connectivity index is -0.0000000133. The summed E-state index contributed by atoms with van der Waals surface area (Å²) in [6.07, 6.45) is 0. The molecule has 0 saturated heterocycles. The fourth-order valence-electron chi connectivity index (χ4n) is 0. The maximum Gasteiger partial charge on any atom is 0.466 e. The molecule has 0 fully saturated rings. The first-order valence-corrected chi connectivity index (χ1v) is 2.35. The number of hydrogen-bond acceptors (Lipinski definition) is 1. The first-order chi connectivity index (χ1) is 2.00. The molecule has 9 heavy (non-hydrogen) atoms. The molecule has 0 unspecified atom stereocenters. The molecule has 0 aromatic heterocycles. The van der Waals surface area contributed by atoms with Gasteiger partial charge in [-0.25, -0.2) is 4.57 Å². The van der Waals surface area contributed by atoms with Crippen molar-refractivity contribution in [1.82, 2.24) is 0 Å². The fraction of sp³-hybridized carbons (Fsp3) is 0. The Morgan fingerprint density at radius 3 is 0.889 bits per heavy atom. The van der Waals surface area contributed by atoms with Crippen LogP contribution in [0.25, 0.3) is 0 Å². The van der Waals surface area contributed by atoms with E-state index >= 15 is 0 Å². The van der Waals surface area contributed by atoms with Crippen LogP contribution in [0, 0.1) is 0 Å². The van der Waals surface area contributed by atoms with Crippen molar-refractivity contribution in [2.24, 2.45) is 0 Å². The molecule has 0 aromatic carbocycles. The van der Waals surface area contributed by atoms with E-state index in [9.17, 15) is 0 Å². The summed E-state index contributed by atoms with van der Waals surface area (Å²) in [5.74, 6) is 0. The van der Waals surface area contributed by atoms with Crippen molar-refractivity contribution >= 4 is 7.82 Å². The third-order valence-electron chi connectivity index (χ3n) is 0. The van der Waals surface area contributed by atoms with Gasteiger partial charge in [0.05, 0.1) is 0 Å². The van der Waals surface area contributed by atoms with E-state index < -0.39 is 7.82 Å². The second-order valence-corrected chi connectivity index (χ2v) is 1.54. The van der Waals surface area contributed by atoms with Crippen molar-refractivity contribution in [3.05, 3.63) is 0 Å². The molecule has 0 rings (SSSR count). The van der Waals surface area contributed by atoms with Crippen molar-refractivity contribution in [1.29, 1.82) is 0 Å². The van der Waals surface area contributed by atoms with Crippen molar-refractivity contribution in [3.8, 4) is 0 Å². The van der Waals surface area contributed by atoms with Gasteiger partial charge in [0.2, 0.25) is 0 Å². The Hall–Kier alpha value is 2.11. The molecule has 0 aliphatic carbocycles. The average Bonchev–Trinajstić information content (AvgIpc) is 0.722. The molecule has 3 N–H and O–H groups in total. The van der Waals surface area contributed by atoms with E-state index in [1.165, 1.54) is 0 Å². The molecule has 0 aromatic rings. The SMILES string of the molecule is O=P(O)(O)O.[Co].[Co].[Ni].[Ni]. The molecule has 0 aliphatic rings. The van der Waals surface area contributed by atoms with Gasteiger partial charge in [-0.05, 0) is 0 Å². The minimum Gasteiger partial charge on any atom is -0.303 e. The molecule has 0 aliphatic heterocycles. The Labute approximate surface area is 93.0 Å². The van der Waals surface area contributed by atoms with Crippen LogP contribution in [0.1, 0.15) is 0 Å². The Morgan fingerprint density at radius 1 is 0.889 bits per heavy atom. The quantitative estimate of drug-likeness (QED) is 0.395. The van der Waals surface area contributed by atoms with Gasteiger partial charge < -0.3 is 14.7 Å². The summed E-state index contributed by atoms with van der Waals surface area (Å²) in [5.41, 5.74) is 0. The van der Waals surface area contributed by atoms with Crippen LogP contribution < -0.4 is 0 Å². The van der Waals surface area contributed by atoms with Gasteiger partial charge in [0.25, 0.3) is 0 Å². The van der Waals surface area contributed by atoms with Crippen LogP contribution in [-0.2, 0) is 71.1 Å². The van der Waals surface area contributed by atoms with Gasteiger partial charge in [-0.3, -0.25) is 0 Å². The molecule has 0 amide bonds. The van der Waals surface area contributed by atoms with Gasteiger partial charge in [0.1, 0.15) is 0 Å². The minimum absolute atomic E-state index is 0. The van der Waals surface area contributed by atoms with Gasteiger partial charge >= 0.3 is 7.82 Å². The summed E-state index contributed by atoms with van der Waals surface area (Å²) in [4.78, 5) is 21.6. The van der Waals surface area contributed by atoms with E-state index in [1.54, 1.807) is 0 Å². The first-order valence-electron chi connectivity index (χ1n) is 0.783. The largest absolute Gasteiger partial charge is 0.466 e. The van der Waals surface area contributed by atoms with Crippen LogP contribution >= 0.6 is 7.82 Å². The van der Waals surface area contributed by atoms with E-state index in [1.807, 2.05) is 0 Å². The van der Waals surface area contributed by atoms with E-state index in [0.29, 0.717) is 0 Å². The molecule has 0 bridgehead atoms. The summed E-state index contributed by atoms with van der Waals surface area (Å²) in [7, 11) is -4.64. The maximum absolute atomic E-state index is 8.88. The molecule has 4 nitrogen and oxygen atoms in total. The summed E-state index contributed by atoms with van der Waals surface area (Å²) in [6, 6.07) is 0. The van der Waals surface area contributed by atoms with Gasteiger partial charge in [0.15, 0.2) is 0 Å². The molecule has 0 heterocycles. The fourth-order valence-corrected chi connectivity index (χ4v) is 0. The van der Waals surface area contributed by atoms with Crippen LogP contribution in [0.3, 0.4) is 0 Å². The summed E-state index contributed by atoms with van der Waals surface area (Å²) < 4.78 is 8.88. The molecule has 9 heteroatoms. The summed E-state index contributed by atoms with van der Waals surface area (Å²) in [6.45, 7) is 0. The summed E-state index contributed by atoms with van der Waals surface area (Å²) >= 11 is 0. The van der Waals surface area contributed by atoms with Crippen LogP contribution in [0.2, 0.25) is 0 Å². The summed E-state index contributed by atoms with van der Waals surface area (Å²) in [5, 5.41) is 0. The molecular weight excluding hydrogens is 330 g/mol. The van der Waals surface area contributed by atoms with E-state index in [-0.39, 0.29) is 66.5 Å². The van der Waals surface area contributed by atoms with Gasteiger partial charge in [-0.15, -0.1) is 0 Å². The van der Waals surface area contributed by atoms with Crippen molar-refractivity contribution in [3.63, 3.8) is 0 Å². The number of phosphoric acid groups is 1. The normalized spacial score (nSPS) is 6.56. The minimum atomic E-state index is -4.64. The zero-order valence-corrected chi connectivity index (χ0v) is 8.45. The second-order valence-electron chi connectivity index (χ2n) is 0.513. The van der Waals surface area contributed by atoms with E-state index in [2.05, 4.69) is 0 Å². The molecule has 2 radical (unpaired) electrons. The Kier molecular flexibility index (Phi) is 43.1. The standard InChI is InChI=1S/2Co.2Ni.H3O4P/c;;;;1-5(2,3)4/h;;;;(H3,1,2,3,4).